The average molecular weight is 265 g/mol. The van der Waals surface area contributed by atoms with Gasteiger partial charge in [-0.25, -0.2) is 0 Å². The van der Waals surface area contributed by atoms with Crippen LogP contribution in [-0.4, -0.2) is 12.9 Å². The summed E-state index contributed by atoms with van der Waals surface area (Å²) in [5, 5.41) is 0. The minimum atomic E-state index is -2.93. The molecule has 5 heteroatoms. The Morgan fingerprint density at radius 2 is 2.14 bits per heavy atom. The van der Waals surface area contributed by atoms with Gasteiger partial charge in [-0.05, 0) is 34.5 Å². The van der Waals surface area contributed by atoms with Crippen LogP contribution in [0.15, 0.2) is 16.6 Å². The predicted molar refractivity (Wildman–Crippen MR) is 50.9 cm³/mol. The van der Waals surface area contributed by atoms with Crippen LogP contribution in [0.2, 0.25) is 0 Å². The van der Waals surface area contributed by atoms with Crippen LogP contribution in [0.3, 0.4) is 0 Å². The highest BCUT2D eigenvalue weighted by atomic mass is 79.9. The van der Waals surface area contributed by atoms with Crippen molar-refractivity contribution in [3.63, 3.8) is 0 Å². The fraction of sp³-hybridized carbons (Fsp3) is 0.222. The number of hydrogen-bond acceptors (Lipinski definition) is 2. The fourth-order valence-electron chi connectivity index (χ4n) is 0.993. The Morgan fingerprint density at radius 3 is 2.64 bits per heavy atom. The van der Waals surface area contributed by atoms with Crippen molar-refractivity contribution in [1.82, 2.24) is 0 Å². The first kappa shape index (κ1) is 11.1. The van der Waals surface area contributed by atoms with E-state index in [-0.39, 0.29) is 11.3 Å². The lowest BCUT2D eigenvalue weighted by Crippen LogP contribution is -2.05. The summed E-state index contributed by atoms with van der Waals surface area (Å²) in [6.07, 6.45) is 0.481. The molecule has 0 aromatic heterocycles. The highest BCUT2D eigenvalue weighted by Crippen LogP contribution is 2.29. The molecule has 0 heterocycles. The van der Waals surface area contributed by atoms with E-state index in [9.17, 15) is 13.6 Å². The van der Waals surface area contributed by atoms with Gasteiger partial charge in [0.2, 0.25) is 0 Å². The highest BCUT2D eigenvalue weighted by Gasteiger charge is 2.13. The van der Waals surface area contributed by atoms with Gasteiger partial charge in [0.15, 0.2) is 6.29 Å². The molecule has 1 aromatic carbocycles. The number of aldehydes is 1. The lowest BCUT2D eigenvalue weighted by atomic mass is 10.1. The molecule has 0 aliphatic heterocycles. The van der Waals surface area contributed by atoms with Gasteiger partial charge in [0.1, 0.15) is 5.75 Å². The van der Waals surface area contributed by atoms with Crippen LogP contribution in [0.25, 0.3) is 0 Å². The first-order chi connectivity index (χ1) is 6.56. The number of hydrogen-bond donors (Lipinski definition) is 0. The number of carbonyl (C=O) groups excluding carboxylic acids is 1. The fourth-order valence-corrected chi connectivity index (χ4v) is 1.41. The maximum Gasteiger partial charge on any atom is 0.387 e. The van der Waals surface area contributed by atoms with E-state index in [2.05, 4.69) is 20.7 Å². The van der Waals surface area contributed by atoms with Gasteiger partial charge < -0.3 is 4.74 Å². The molecule has 0 saturated carbocycles. The summed E-state index contributed by atoms with van der Waals surface area (Å²) in [5.41, 5.74) is 0.888. The third kappa shape index (κ3) is 2.29. The van der Waals surface area contributed by atoms with Crippen molar-refractivity contribution in [3.8, 4) is 5.75 Å². The highest BCUT2D eigenvalue weighted by molar-refractivity contribution is 9.10. The van der Waals surface area contributed by atoms with Crippen molar-refractivity contribution in [2.75, 3.05) is 0 Å². The number of alkyl halides is 2. The van der Waals surface area contributed by atoms with Crippen molar-refractivity contribution >= 4 is 22.2 Å². The molecule has 0 spiro atoms. The number of carbonyl (C=O) groups is 1. The molecule has 0 atom stereocenters. The quantitative estimate of drug-likeness (QED) is 0.784. The van der Waals surface area contributed by atoms with Gasteiger partial charge in [-0.15, -0.1) is 0 Å². The van der Waals surface area contributed by atoms with E-state index in [1.165, 1.54) is 6.07 Å². The second-order valence-corrected chi connectivity index (χ2v) is 3.40. The van der Waals surface area contributed by atoms with Crippen LogP contribution in [0.1, 0.15) is 15.9 Å². The maximum absolute atomic E-state index is 11.9. The van der Waals surface area contributed by atoms with E-state index >= 15 is 0 Å². The Balaban J connectivity index is 3.17. The Bertz CT molecular complexity index is 353. The largest absolute Gasteiger partial charge is 0.434 e. The van der Waals surface area contributed by atoms with Crippen molar-refractivity contribution in [1.29, 1.82) is 0 Å². The monoisotopic (exact) mass is 264 g/mol. The molecule has 0 aliphatic rings. The van der Waals surface area contributed by atoms with Gasteiger partial charge in [-0.2, -0.15) is 8.78 Å². The molecule has 14 heavy (non-hydrogen) atoms. The molecule has 0 radical (unpaired) electrons. The third-order valence-corrected chi connectivity index (χ3v) is 2.72. The molecular formula is C9H7BrF2O2. The van der Waals surface area contributed by atoms with E-state index in [0.717, 1.165) is 5.56 Å². The molecule has 2 nitrogen and oxygen atoms in total. The number of halogens is 3. The number of benzene rings is 1. The van der Waals surface area contributed by atoms with Crippen LogP contribution < -0.4 is 4.74 Å². The van der Waals surface area contributed by atoms with E-state index in [0.29, 0.717) is 10.8 Å². The van der Waals surface area contributed by atoms with Gasteiger partial charge in [-0.3, -0.25) is 4.79 Å². The van der Waals surface area contributed by atoms with Crippen molar-refractivity contribution in [3.05, 3.63) is 27.7 Å². The molecule has 0 N–H and O–H groups in total. The van der Waals surface area contributed by atoms with Crippen molar-refractivity contribution in [2.24, 2.45) is 0 Å². The summed E-state index contributed by atoms with van der Waals surface area (Å²) in [6.45, 7) is -1.17. The van der Waals surface area contributed by atoms with Crippen molar-refractivity contribution < 1.29 is 18.3 Å². The molecule has 1 aromatic rings. The first-order valence-corrected chi connectivity index (χ1v) is 4.54. The SMILES string of the molecule is Cc1ccc(OC(F)F)c(C=O)c1Br. The van der Waals surface area contributed by atoms with Crippen molar-refractivity contribution in [2.45, 2.75) is 13.5 Å². The summed E-state index contributed by atoms with van der Waals surface area (Å²) in [6, 6.07) is 2.94. The molecule has 1 rings (SSSR count). The lowest BCUT2D eigenvalue weighted by Gasteiger charge is -2.09. The van der Waals surface area contributed by atoms with Crippen LogP contribution in [0.5, 0.6) is 5.75 Å². The second-order valence-electron chi connectivity index (χ2n) is 2.60. The van der Waals surface area contributed by atoms with E-state index in [1.807, 2.05) is 0 Å². The average Bonchev–Trinajstić information content (AvgIpc) is 2.11. The zero-order chi connectivity index (χ0) is 10.7. The smallest absolute Gasteiger partial charge is 0.387 e. The van der Waals surface area contributed by atoms with Crippen LogP contribution in [0, 0.1) is 6.92 Å². The molecular weight excluding hydrogens is 258 g/mol. The molecule has 0 aliphatic carbocycles. The Labute approximate surface area is 88.0 Å². The number of aryl methyl sites for hydroxylation is 1. The standard InChI is InChI=1S/C9H7BrF2O2/c1-5-2-3-7(14-9(11)12)6(4-13)8(5)10/h2-4,9H,1H3. The molecule has 76 valence electrons. The molecule has 0 bridgehead atoms. The molecule has 0 fully saturated rings. The van der Waals surface area contributed by atoms with Crippen LogP contribution in [-0.2, 0) is 0 Å². The Kier molecular flexibility index (Phi) is 3.57. The van der Waals surface area contributed by atoms with E-state index in [4.69, 9.17) is 0 Å². The summed E-state index contributed by atoms with van der Waals surface area (Å²) >= 11 is 3.12. The minimum absolute atomic E-state index is 0.102. The topological polar surface area (TPSA) is 26.3 Å². The summed E-state index contributed by atoms with van der Waals surface area (Å²) in [4.78, 5) is 10.6. The number of rotatable bonds is 3. The third-order valence-electron chi connectivity index (χ3n) is 1.67. The minimum Gasteiger partial charge on any atom is -0.434 e. The zero-order valence-corrected chi connectivity index (χ0v) is 8.85. The van der Waals surface area contributed by atoms with Gasteiger partial charge in [0.25, 0.3) is 0 Å². The maximum atomic E-state index is 11.9. The predicted octanol–water partition coefficient (Wildman–Crippen LogP) is 3.17. The zero-order valence-electron chi connectivity index (χ0n) is 7.26. The first-order valence-electron chi connectivity index (χ1n) is 3.75. The molecule has 0 amide bonds. The number of ether oxygens (including phenoxy) is 1. The van der Waals surface area contributed by atoms with Crippen LogP contribution >= 0.6 is 15.9 Å². The van der Waals surface area contributed by atoms with Gasteiger partial charge >= 0.3 is 6.61 Å². The van der Waals surface area contributed by atoms with Gasteiger partial charge in [0, 0.05) is 4.47 Å². The van der Waals surface area contributed by atoms with Gasteiger partial charge in [0.05, 0.1) is 5.56 Å². The Morgan fingerprint density at radius 1 is 1.50 bits per heavy atom. The Hall–Kier alpha value is -0.970. The normalized spacial score (nSPS) is 10.4. The lowest BCUT2D eigenvalue weighted by molar-refractivity contribution is -0.0501. The van der Waals surface area contributed by atoms with Crippen LogP contribution in [0.4, 0.5) is 8.78 Å². The molecule has 0 unspecified atom stereocenters. The van der Waals surface area contributed by atoms with E-state index < -0.39 is 6.61 Å². The summed E-state index contributed by atoms with van der Waals surface area (Å²) in [7, 11) is 0. The van der Waals surface area contributed by atoms with Gasteiger partial charge in [-0.1, -0.05) is 6.07 Å². The second kappa shape index (κ2) is 4.50. The van der Waals surface area contributed by atoms with E-state index in [1.54, 1.807) is 13.0 Å². The summed E-state index contributed by atoms with van der Waals surface area (Å²) in [5.74, 6) is -0.118. The summed E-state index contributed by atoms with van der Waals surface area (Å²) < 4.78 is 28.5. The molecule has 0 saturated heterocycles.